The first-order valence-corrected chi connectivity index (χ1v) is 10.5. The minimum absolute atomic E-state index is 0.164. The van der Waals surface area contributed by atoms with Gasteiger partial charge in [-0.25, -0.2) is 9.97 Å². The van der Waals surface area contributed by atoms with E-state index in [9.17, 15) is 4.79 Å². The van der Waals surface area contributed by atoms with Gasteiger partial charge in [-0.3, -0.25) is 14.0 Å². The quantitative estimate of drug-likeness (QED) is 0.392. The SMILES string of the molecule is CCC(Nc1nc(N)nc(C)c1I)c1nc2c(cnn2C)c(=O)n1-c1ccccc1. The number of hydrogen-bond acceptors (Lipinski definition) is 7. The van der Waals surface area contributed by atoms with Crippen LogP contribution in [0.5, 0.6) is 0 Å². The Labute approximate surface area is 186 Å². The summed E-state index contributed by atoms with van der Waals surface area (Å²) in [4.78, 5) is 26.8. The second-order valence-electron chi connectivity index (χ2n) is 6.89. The molecule has 1 atom stereocenters. The summed E-state index contributed by atoms with van der Waals surface area (Å²) in [5.74, 6) is 1.39. The van der Waals surface area contributed by atoms with E-state index in [0.717, 1.165) is 15.0 Å². The van der Waals surface area contributed by atoms with E-state index in [4.69, 9.17) is 10.7 Å². The van der Waals surface area contributed by atoms with Crippen LogP contribution in [0.25, 0.3) is 16.7 Å². The standard InChI is InChI=1S/C20H21IN8O/c1-4-14(25-16-15(21)11(2)24-20(22)26-16)18-27-17-13(10-23-28(17)3)19(30)29(18)12-8-6-5-7-9-12/h5-10,14H,4H2,1-3H3,(H3,22,24,25,26). The largest absolute Gasteiger partial charge is 0.368 e. The van der Waals surface area contributed by atoms with E-state index >= 15 is 0 Å². The van der Waals surface area contributed by atoms with Crippen LogP contribution in [0.2, 0.25) is 0 Å². The van der Waals surface area contributed by atoms with Gasteiger partial charge in [-0.05, 0) is 48.1 Å². The molecule has 0 fully saturated rings. The fraction of sp³-hybridized carbons (Fsp3) is 0.250. The maximum atomic E-state index is 13.4. The normalized spacial score (nSPS) is 12.3. The Morgan fingerprint density at radius 3 is 2.63 bits per heavy atom. The molecule has 0 aliphatic heterocycles. The molecule has 4 rings (SSSR count). The molecule has 0 aliphatic rings. The lowest BCUT2D eigenvalue weighted by atomic mass is 10.1. The lowest BCUT2D eigenvalue weighted by molar-refractivity contribution is 0.652. The minimum atomic E-state index is -0.292. The monoisotopic (exact) mass is 516 g/mol. The van der Waals surface area contributed by atoms with Gasteiger partial charge in [-0.1, -0.05) is 25.1 Å². The van der Waals surface area contributed by atoms with E-state index in [0.29, 0.717) is 29.1 Å². The second-order valence-corrected chi connectivity index (χ2v) is 7.97. The van der Waals surface area contributed by atoms with Gasteiger partial charge in [-0.2, -0.15) is 10.1 Å². The summed E-state index contributed by atoms with van der Waals surface area (Å²) in [6.07, 6.45) is 2.22. The molecular formula is C20H21IN8O. The molecule has 0 amide bonds. The van der Waals surface area contributed by atoms with E-state index in [-0.39, 0.29) is 17.5 Å². The molecule has 4 aromatic rings. The topological polar surface area (TPSA) is 117 Å². The third kappa shape index (κ3) is 3.51. The highest BCUT2D eigenvalue weighted by atomic mass is 127. The number of fused-ring (bicyclic) bond motifs is 1. The zero-order valence-electron chi connectivity index (χ0n) is 16.8. The van der Waals surface area contributed by atoms with Crippen LogP contribution in [0.4, 0.5) is 11.8 Å². The Morgan fingerprint density at radius 1 is 1.20 bits per heavy atom. The van der Waals surface area contributed by atoms with E-state index in [2.05, 4.69) is 43.0 Å². The van der Waals surface area contributed by atoms with E-state index < -0.39 is 0 Å². The number of para-hydroxylation sites is 1. The van der Waals surface area contributed by atoms with Gasteiger partial charge in [0.25, 0.3) is 5.56 Å². The number of rotatable bonds is 5. The number of anilines is 2. The van der Waals surface area contributed by atoms with Crippen molar-refractivity contribution in [1.82, 2.24) is 29.3 Å². The Bertz CT molecular complexity index is 1280. The molecule has 3 aromatic heterocycles. The molecule has 3 heterocycles. The number of nitrogen functional groups attached to an aromatic ring is 1. The molecule has 9 nitrogen and oxygen atoms in total. The van der Waals surface area contributed by atoms with Crippen LogP contribution in [0.3, 0.4) is 0 Å². The summed E-state index contributed by atoms with van der Waals surface area (Å²) in [6.45, 7) is 3.91. The fourth-order valence-corrected chi connectivity index (χ4v) is 3.75. The summed E-state index contributed by atoms with van der Waals surface area (Å²) in [5.41, 5.74) is 7.76. The molecule has 0 aliphatic carbocycles. The summed E-state index contributed by atoms with van der Waals surface area (Å²) < 4.78 is 4.12. The van der Waals surface area contributed by atoms with Crippen LogP contribution >= 0.6 is 22.6 Å². The number of nitrogens with two attached hydrogens (primary N) is 1. The molecule has 1 aromatic carbocycles. The molecule has 154 valence electrons. The molecule has 0 saturated carbocycles. The molecule has 3 N–H and O–H groups in total. The Kier molecular flexibility index (Phi) is 5.41. The van der Waals surface area contributed by atoms with Crippen LogP contribution in [-0.2, 0) is 7.05 Å². The van der Waals surface area contributed by atoms with Gasteiger partial charge in [0, 0.05) is 7.05 Å². The van der Waals surface area contributed by atoms with Crippen LogP contribution in [-0.4, -0.2) is 29.3 Å². The predicted molar refractivity (Wildman–Crippen MR) is 125 cm³/mol. The second kappa shape index (κ2) is 8.01. The molecular weight excluding hydrogens is 495 g/mol. The van der Waals surface area contributed by atoms with E-state index in [1.807, 2.05) is 44.2 Å². The van der Waals surface area contributed by atoms with Crippen molar-refractivity contribution >= 4 is 45.4 Å². The van der Waals surface area contributed by atoms with Crippen molar-refractivity contribution < 1.29 is 0 Å². The van der Waals surface area contributed by atoms with Gasteiger partial charge >= 0.3 is 0 Å². The van der Waals surface area contributed by atoms with Crippen molar-refractivity contribution in [2.24, 2.45) is 7.05 Å². The highest BCUT2D eigenvalue weighted by Crippen LogP contribution is 2.27. The number of benzene rings is 1. The Morgan fingerprint density at radius 2 is 1.93 bits per heavy atom. The van der Waals surface area contributed by atoms with Crippen molar-refractivity contribution in [1.29, 1.82) is 0 Å². The maximum absolute atomic E-state index is 13.4. The predicted octanol–water partition coefficient (Wildman–Crippen LogP) is 2.97. The van der Waals surface area contributed by atoms with Crippen LogP contribution in [0.1, 0.15) is 30.9 Å². The number of aromatic nitrogens is 6. The first-order chi connectivity index (χ1) is 14.4. The molecule has 0 bridgehead atoms. The highest BCUT2D eigenvalue weighted by molar-refractivity contribution is 14.1. The number of nitrogens with one attached hydrogen (secondary N) is 1. The summed E-state index contributed by atoms with van der Waals surface area (Å²) in [5, 5.41) is 8.11. The average Bonchev–Trinajstić information content (AvgIpc) is 3.11. The number of nitrogens with zero attached hydrogens (tertiary/aromatic N) is 6. The van der Waals surface area contributed by atoms with E-state index in [1.54, 1.807) is 22.5 Å². The number of halogens is 1. The Hall–Kier alpha value is -3.02. The van der Waals surface area contributed by atoms with Crippen molar-refractivity contribution in [3.63, 3.8) is 0 Å². The fourth-order valence-electron chi connectivity index (χ4n) is 3.35. The first kappa shape index (κ1) is 20.3. The number of hydrogen-bond donors (Lipinski definition) is 2. The van der Waals surface area contributed by atoms with Crippen LogP contribution in [0.15, 0.2) is 41.3 Å². The molecule has 10 heteroatoms. The minimum Gasteiger partial charge on any atom is -0.368 e. The van der Waals surface area contributed by atoms with Gasteiger partial charge in [-0.15, -0.1) is 0 Å². The smallest absolute Gasteiger partial charge is 0.269 e. The van der Waals surface area contributed by atoms with Crippen molar-refractivity contribution in [2.45, 2.75) is 26.3 Å². The van der Waals surface area contributed by atoms with Crippen molar-refractivity contribution in [3.8, 4) is 5.69 Å². The van der Waals surface area contributed by atoms with Crippen LogP contribution < -0.4 is 16.6 Å². The Balaban J connectivity index is 1.94. The molecule has 0 spiro atoms. The van der Waals surface area contributed by atoms with Gasteiger partial charge < -0.3 is 11.1 Å². The lowest BCUT2D eigenvalue weighted by Gasteiger charge is -2.22. The summed E-state index contributed by atoms with van der Waals surface area (Å²) in [7, 11) is 1.78. The highest BCUT2D eigenvalue weighted by Gasteiger charge is 2.23. The van der Waals surface area contributed by atoms with Gasteiger partial charge in [0.1, 0.15) is 17.0 Å². The molecule has 0 radical (unpaired) electrons. The third-order valence-electron chi connectivity index (χ3n) is 4.87. The van der Waals surface area contributed by atoms with Gasteiger partial charge in [0.15, 0.2) is 5.65 Å². The van der Waals surface area contributed by atoms with Crippen molar-refractivity contribution in [2.75, 3.05) is 11.1 Å². The molecule has 30 heavy (non-hydrogen) atoms. The summed E-state index contributed by atoms with van der Waals surface area (Å²) >= 11 is 2.19. The zero-order valence-corrected chi connectivity index (χ0v) is 19.0. The van der Waals surface area contributed by atoms with E-state index in [1.165, 1.54) is 0 Å². The lowest BCUT2D eigenvalue weighted by Crippen LogP contribution is -2.28. The molecule has 1 unspecified atom stereocenters. The average molecular weight is 516 g/mol. The molecule has 0 saturated heterocycles. The van der Waals surface area contributed by atoms with Gasteiger partial charge in [0.2, 0.25) is 5.95 Å². The van der Waals surface area contributed by atoms with Gasteiger partial charge in [0.05, 0.1) is 27.2 Å². The zero-order chi connectivity index (χ0) is 21.4. The number of aryl methyl sites for hydroxylation is 2. The van der Waals surface area contributed by atoms with Crippen LogP contribution in [0, 0.1) is 10.5 Å². The summed E-state index contributed by atoms with van der Waals surface area (Å²) in [6, 6.07) is 9.18. The maximum Gasteiger partial charge on any atom is 0.269 e. The first-order valence-electron chi connectivity index (χ1n) is 9.47. The van der Waals surface area contributed by atoms with Crippen molar-refractivity contribution in [3.05, 3.63) is 62.0 Å². The third-order valence-corrected chi connectivity index (χ3v) is 6.16.